The Morgan fingerprint density at radius 1 is 0.923 bits per heavy atom. The van der Waals surface area contributed by atoms with Crippen molar-refractivity contribution in [1.82, 2.24) is 10.2 Å². The zero-order valence-electron chi connectivity index (χ0n) is 22.2. The lowest BCUT2D eigenvalue weighted by Gasteiger charge is -2.33. The Kier molecular flexibility index (Phi) is 10.8. The minimum Gasteiger partial charge on any atom is -0.354 e. The molecule has 0 aliphatic rings. The molecule has 2 amide bonds. The third kappa shape index (κ3) is 8.71. The van der Waals surface area contributed by atoms with E-state index in [9.17, 15) is 18.0 Å². The van der Waals surface area contributed by atoms with Crippen molar-refractivity contribution in [1.29, 1.82) is 0 Å². The lowest BCUT2D eigenvalue weighted by Crippen LogP contribution is -2.53. The van der Waals surface area contributed by atoms with Crippen LogP contribution >= 0.6 is 23.2 Å². The van der Waals surface area contributed by atoms with E-state index in [0.29, 0.717) is 27.8 Å². The Bertz CT molecular complexity index is 1380. The van der Waals surface area contributed by atoms with Gasteiger partial charge in [-0.2, -0.15) is 0 Å². The molecule has 0 saturated heterocycles. The summed E-state index contributed by atoms with van der Waals surface area (Å²) < 4.78 is 26.8. The average Bonchev–Trinajstić information content (AvgIpc) is 2.89. The van der Waals surface area contributed by atoms with Crippen LogP contribution in [0.15, 0.2) is 72.8 Å². The molecule has 1 N–H and O–H groups in total. The number of nitrogens with zero attached hydrogens (tertiary/aromatic N) is 2. The number of sulfonamides is 1. The third-order valence-electron chi connectivity index (χ3n) is 6.19. The van der Waals surface area contributed by atoms with Crippen LogP contribution in [0, 0.1) is 6.92 Å². The van der Waals surface area contributed by atoms with E-state index in [1.165, 1.54) is 4.90 Å². The Labute approximate surface area is 240 Å². The second kappa shape index (κ2) is 13.8. The Morgan fingerprint density at radius 3 is 2.15 bits per heavy atom. The summed E-state index contributed by atoms with van der Waals surface area (Å²) >= 11 is 12.2. The highest BCUT2D eigenvalue weighted by molar-refractivity contribution is 7.92. The van der Waals surface area contributed by atoms with Crippen molar-refractivity contribution in [2.45, 2.75) is 39.3 Å². The van der Waals surface area contributed by atoms with E-state index < -0.39 is 28.5 Å². The minimum atomic E-state index is -3.85. The number of rotatable bonds is 12. The van der Waals surface area contributed by atoms with Gasteiger partial charge in [-0.25, -0.2) is 8.42 Å². The standard InChI is InChI=1S/C29H33Cl2N3O4S/c1-4-16-32-29(36)27(18-22-8-6-5-7-9-22)33(19-23-10-12-24(30)13-11-23)28(35)20-34(39(3,37)38)26-15-14-25(31)17-21(26)2/h5-15,17,27H,4,16,18-20H2,1-3H3,(H,32,36)/t27-/m0/s1. The number of carbonyl (C=O) groups is 2. The smallest absolute Gasteiger partial charge is 0.244 e. The van der Waals surface area contributed by atoms with Gasteiger partial charge in [0, 0.05) is 29.6 Å². The quantitative estimate of drug-likeness (QED) is 0.313. The van der Waals surface area contributed by atoms with Crippen LogP contribution in [-0.4, -0.2) is 50.5 Å². The average molecular weight is 591 g/mol. The van der Waals surface area contributed by atoms with E-state index >= 15 is 0 Å². The summed E-state index contributed by atoms with van der Waals surface area (Å²) in [6.45, 7) is 3.73. The van der Waals surface area contributed by atoms with Crippen molar-refractivity contribution in [3.8, 4) is 0 Å². The van der Waals surface area contributed by atoms with Gasteiger partial charge in [-0.1, -0.05) is 72.6 Å². The summed E-state index contributed by atoms with van der Waals surface area (Å²) in [5, 5.41) is 3.91. The van der Waals surface area contributed by atoms with E-state index in [1.54, 1.807) is 49.4 Å². The molecular formula is C29H33Cl2N3O4S. The van der Waals surface area contributed by atoms with Gasteiger partial charge in [-0.3, -0.25) is 13.9 Å². The number of anilines is 1. The SMILES string of the molecule is CCCNC(=O)[C@H](Cc1ccccc1)N(Cc1ccc(Cl)cc1)C(=O)CN(c1ccc(Cl)cc1C)S(C)(=O)=O. The molecule has 0 aliphatic carbocycles. The number of hydrogen-bond donors (Lipinski definition) is 1. The molecule has 39 heavy (non-hydrogen) atoms. The number of amides is 2. The normalized spacial score (nSPS) is 12.0. The lowest BCUT2D eigenvalue weighted by atomic mass is 10.0. The van der Waals surface area contributed by atoms with Crippen molar-refractivity contribution in [3.05, 3.63) is 99.5 Å². The molecule has 0 spiro atoms. The number of benzene rings is 3. The van der Waals surface area contributed by atoms with Crippen LogP contribution in [0.5, 0.6) is 0 Å². The van der Waals surface area contributed by atoms with Crippen LogP contribution in [0.1, 0.15) is 30.0 Å². The van der Waals surface area contributed by atoms with Gasteiger partial charge in [0.05, 0.1) is 11.9 Å². The number of nitrogens with one attached hydrogen (secondary N) is 1. The molecule has 0 bridgehead atoms. The number of carbonyl (C=O) groups excluding carboxylic acids is 2. The molecule has 1 atom stereocenters. The summed E-state index contributed by atoms with van der Waals surface area (Å²) in [6.07, 6.45) is 2.04. The first kappa shape index (κ1) is 30.5. The number of aryl methyl sites for hydroxylation is 1. The first-order valence-electron chi connectivity index (χ1n) is 12.6. The molecule has 0 aliphatic heterocycles. The van der Waals surface area contributed by atoms with Crippen molar-refractivity contribution < 1.29 is 18.0 Å². The second-order valence-electron chi connectivity index (χ2n) is 9.35. The fourth-order valence-electron chi connectivity index (χ4n) is 4.20. The minimum absolute atomic E-state index is 0.0875. The first-order chi connectivity index (χ1) is 18.5. The van der Waals surface area contributed by atoms with E-state index in [1.807, 2.05) is 37.3 Å². The second-order valence-corrected chi connectivity index (χ2v) is 12.1. The van der Waals surface area contributed by atoms with Crippen LogP contribution in [0.4, 0.5) is 5.69 Å². The molecule has 0 aromatic heterocycles. The van der Waals surface area contributed by atoms with Gasteiger partial charge in [0.1, 0.15) is 12.6 Å². The Balaban J connectivity index is 2.05. The highest BCUT2D eigenvalue weighted by Crippen LogP contribution is 2.26. The highest BCUT2D eigenvalue weighted by atomic mass is 35.5. The van der Waals surface area contributed by atoms with Crippen LogP contribution in [0.3, 0.4) is 0 Å². The van der Waals surface area contributed by atoms with E-state index in [2.05, 4.69) is 5.32 Å². The molecule has 3 aromatic rings. The largest absolute Gasteiger partial charge is 0.354 e. The summed E-state index contributed by atoms with van der Waals surface area (Å²) in [6, 6.07) is 20.3. The van der Waals surface area contributed by atoms with E-state index in [-0.39, 0.29) is 18.9 Å². The molecule has 208 valence electrons. The van der Waals surface area contributed by atoms with Gasteiger partial charge >= 0.3 is 0 Å². The maximum atomic E-state index is 14.0. The van der Waals surface area contributed by atoms with E-state index in [4.69, 9.17) is 23.2 Å². The molecule has 0 unspecified atom stereocenters. The van der Waals surface area contributed by atoms with Crippen molar-refractivity contribution in [3.63, 3.8) is 0 Å². The predicted octanol–water partition coefficient (Wildman–Crippen LogP) is 5.23. The van der Waals surface area contributed by atoms with Gasteiger partial charge in [-0.05, 0) is 60.4 Å². The van der Waals surface area contributed by atoms with Crippen molar-refractivity contribution in [2.75, 3.05) is 23.7 Å². The molecule has 0 saturated carbocycles. The molecule has 7 nitrogen and oxygen atoms in total. The van der Waals surface area contributed by atoms with Gasteiger partial charge in [0.15, 0.2) is 0 Å². The van der Waals surface area contributed by atoms with E-state index in [0.717, 1.165) is 28.1 Å². The van der Waals surface area contributed by atoms with Crippen LogP contribution in [0.2, 0.25) is 10.0 Å². The van der Waals surface area contributed by atoms with Gasteiger partial charge in [0.2, 0.25) is 21.8 Å². The molecule has 3 aromatic carbocycles. The van der Waals surface area contributed by atoms with Gasteiger partial charge < -0.3 is 10.2 Å². The van der Waals surface area contributed by atoms with Gasteiger partial charge in [-0.15, -0.1) is 0 Å². The fraction of sp³-hybridized carbons (Fsp3) is 0.310. The maximum Gasteiger partial charge on any atom is 0.244 e. The molecule has 10 heteroatoms. The zero-order chi connectivity index (χ0) is 28.6. The van der Waals surface area contributed by atoms with Gasteiger partial charge in [0.25, 0.3) is 0 Å². The predicted molar refractivity (Wildman–Crippen MR) is 158 cm³/mol. The summed E-state index contributed by atoms with van der Waals surface area (Å²) in [5.41, 5.74) is 2.57. The van der Waals surface area contributed by atoms with Crippen LogP contribution in [0.25, 0.3) is 0 Å². The molecule has 0 fully saturated rings. The molecule has 0 radical (unpaired) electrons. The van der Waals surface area contributed by atoms with Crippen LogP contribution < -0.4 is 9.62 Å². The van der Waals surface area contributed by atoms with Crippen molar-refractivity contribution >= 4 is 50.7 Å². The first-order valence-corrected chi connectivity index (χ1v) is 15.2. The van der Waals surface area contributed by atoms with Crippen LogP contribution in [-0.2, 0) is 32.6 Å². The zero-order valence-corrected chi connectivity index (χ0v) is 24.6. The Hall–Kier alpha value is -3.07. The highest BCUT2D eigenvalue weighted by Gasteiger charge is 2.33. The summed E-state index contributed by atoms with van der Waals surface area (Å²) in [5.74, 6) is -0.825. The Morgan fingerprint density at radius 2 is 1.56 bits per heavy atom. The lowest BCUT2D eigenvalue weighted by molar-refractivity contribution is -0.140. The summed E-state index contributed by atoms with van der Waals surface area (Å²) in [4.78, 5) is 28.9. The number of halogens is 2. The summed E-state index contributed by atoms with van der Waals surface area (Å²) in [7, 11) is -3.85. The van der Waals surface area contributed by atoms with Crippen molar-refractivity contribution in [2.24, 2.45) is 0 Å². The number of hydrogen-bond acceptors (Lipinski definition) is 4. The monoisotopic (exact) mass is 589 g/mol. The maximum absolute atomic E-state index is 14.0. The fourth-order valence-corrected chi connectivity index (χ4v) is 5.46. The third-order valence-corrected chi connectivity index (χ3v) is 7.81. The topological polar surface area (TPSA) is 86.8 Å². The molecular weight excluding hydrogens is 557 g/mol. The molecule has 0 heterocycles. The molecule has 3 rings (SSSR count).